The number of aromatic nitrogens is 2. The van der Waals surface area contributed by atoms with Gasteiger partial charge in [0.25, 0.3) is 0 Å². The number of carboxylic acids is 1. The van der Waals surface area contributed by atoms with Crippen molar-refractivity contribution in [3.63, 3.8) is 0 Å². The first-order valence-electron chi connectivity index (χ1n) is 3.69. The van der Waals surface area contributed by atoms with Gasteiger partial charge in [-0.2, -0.15) is 0 Å². The summed E-state index contributed by atoms with van der Waals surface area (Å²) in [6.45, 7) is 0.0286. The standard InChI is InChI=1S/C6H8N2O2.ClH.H3O4P/c1-7-2-3-8(5-7)4-6(9)10;;1-5(2,3)4/h2-3,5H,4H2,1H3;1H;(H3,1,2,3,4)/p+1. The molecule has 0 aliphatic rings. The zero-order valence-corrected chi connectivity index (χ0v) is 10.0. The monoisotopic (exact) mass is 275 g/mol. The number of nitrogens with zero attached hydrogens (tertiary/aromatic N) is 2. The van der Waals surface area contributed by atoms with Crippen molar-refractivity contribution in [3.8, 4) is 0 Å². The maximum atomic E-state index is 10.1. The Balaban J connectivity index is 0. The molecule has 1 aromatic rings. The van der Waals surface area contributed by atoms with E-state index in [4.69, 9.17) is 24.4 Å². The van der Waals surface area contributed by atoms with Gasteiger partial charge in [0, 0.05) is 0 Å². The molecule has 1 aromatic heterocycles. The van der Waals surface area contributed by atoms with Gasteiger partial charge in [-0.1, -0.05) is 0 Å². The predicted molar refractivity (Wildman–Crippen MR) is 54.8 cm³/mol. The summed E-state index contributed by atoms with van der Waals surface area (Å²) in [5.74, 6) is -0.823. The number of imidazole rings is 1. The van der Waals surface area contributed by atoms with E-state index in [9.17, 15) is 4.79 Å². The molecule has 0 aromatic carbocycles. The second-order valence-electron chi connectivity index (χ2n) is 2.66. The Morgan fingerprint density at radius 3 is 2.12 bits per heavy atom. The number of phosphoric acid groups is 1. The van der Waals surface area contributed by atoms with E-state index >= 15 is 0 Å². The Bertz CT molecular complexity index is 367. The maximum absolute atomic E-state index is 10.1. The Kier molecular flexibility index (Phi) is 8.05. The van der Waals surface area contributed by atoms with Crippen LogP contribution in [0.3, 0.4) is 0 Å². The van der Waals surface area contributed by atoms with Crippen LogP contribution in [-0.2, 0) is 23.0 Å². The molecule has 0 atom stereocenters. The summed E-state index contributed by atoms with van der Waals surface area (Å²) in [6.07, 6.45) is 5.23. The summed E-state index contributed by atoms with van der Waals surface area (Å²) in [5.41, 5.74) is 0. The third-order valence-corrected chi connectivity index (χ3v) is 1.14. The van der Waals surface area contributed by atoms with Gasteiger partial charge in [-0.3, -0.25) is 0 Å². The zero-order chi connectivity index (χ0) is 12.1. The van der Waals surface area contributed by atoms with E-state index in [0.717, 1.165) is 0 Å². The average molecular weight is 276 g/mol. The predicted octanol–water partition coefficient (Wildman–Crippen LogP) is -1.11. The molecule has 0 radical (unpaired) electrons. The van der Waals surface area contributed by atoms with E-state index < -0.39 is 13.8 Å². The molecule has 4 N–H and O–H groups in total. The second kappa shape index (κ2) is 7.37. The number of hydrogen-bond acceptors (Lipinski definition) is 2. The van der Waals surface area contributed by atoms with Gasteiger partial charge in [-0.15, -0.1) is 12.4 Å². The summed E-state index contributed by atoms with van der Waals surface area (Å²) < 4.78 is 12.3. The lowest BCUT2D eigenvalue weighted by Crippen LogP contribution is -2.24. The van der Waals surface area contributed by atoms with Crippen LogP contribution < -0.4 is 4.57 Å². The SMILES string of the molecule is C[n+]1ccn(CC(=O)O)c1.Cl.O=P(O)(O)O. The molecule has 16 heavy (non-hydrogen) atoms. The molecule has 0 saturated heterocycles. The molecule has 0 spiro atoms. The minimum absolute atomic E-state index is 0. The third kappa shape index (κ3) is 13.1. The van der Waals surface area contributed by atoms with Crippen LogP contribution in [0.2, 0.25) is 0 Å². The fourth-order valence-electron chi connectivity index (χ4n) is 0.751. The quantitative estimate of drug-likeness (QED) is 0.401. The van der Waals surface area contributed by atoms with Gasteiger partial charge in [-0.05, 0) is 0 Å². The highest BCUT2D eigenvalue weighted by atomic mass is 35.5. The highest BCUT2D eigenvalue weighted by molar-refractivity contribution is 7.45. The molecule has 0 amide bonds. The normalized spacial score (nSPS) is 9.75. The van der Waals surface area contributed by atoms with Crippen molar-refractivity contribution in [2.45, 2.75) is 6.54 Å². The third-order valence-electron chi connectivity index (χ3n) is 1.14. The maximum Gasteiger partial charge on any atom is 0.466 e. The van der Waals surface area contributed by atoms with E-state index in [1.165, 1.54) is 0 Å². The van der Waals surface area contributed by atoms with Crippen LogP contribution in [0.4, 0.5) is 0 Å². The fraction of sp³-hybridized carbons (Fsp3) is 0.333. The molecule has 0 unspecified atom stereocenters. The smallest absolute Gasteiger partial charge is 0.466 e. The summed E-state index contributed by atoms with van der Waals surface area (Å²) in [5, 5.41) is 8.35. The van der Waals surface area contributed by atoms with Crippen molar-refractivity contribution in [2.24, 2.45) is 7.05 Å². The Hall–Kier alpha value is -0.920. The van der Waals surface area contributed by atoms with Crippen LogP contribution in [0, 0.1) is 0 Å². The van der Waals surface area contributed by atoms with Gasteiger partial charge in [0.05, 0.1) is 7.05 Å². The molecule has 8 nitrogen and oxygen atoms in total. The van der Waals surface area contributed by atoms with Crippen LogP contribution in [0.1, 0.15) is 0 Å². The van der Waals surface area contributed by atoms with E-state index in [1.54, 1.807) is 27.9 Å². The lowest BCUT2D eigenvalue weighted by atomic mass is 10.6. The minimum Gasteiger partial charge on any atom is -0.478 e. The molecule has 0 bridgehead atoms. The van der Waals surface area contributed by atoms with Crippen molar-refractivity contribution in [1.29, 1.82) is 0 Å². The number of aliphatic carboxylic acids is 1. The Morgan fingerprint density at radius 2 is 1.88 bits per heavy atom. The lowest BCUT2D eigenvalue weighted by molar-refractivity contribution is -0.671. The molecule has 94 valence electrons. The number of hydrogen-bond donors (Lipinski definition) is 4. The Labute approximate surface area is 97.4 Å². The summed E-state index contributed by atoms with van der Waals surface area (Å²) in [6, 6.07) is 0. The molecule has 1 heterocycles. The van der Waals surface area contributed by atoms with E-state index in [2.05, 4.69) is 0 Å². The van der Waals surface area contributed by atoms with Crippen LogP contribution in [0.5, 0.6) is 0 Å². The first-order chi connectivity index (χ1) is 6.68. The Morgan fingerprint density at radius 1 is 1.44 bits per heavy atom. The van der Waals surface area contributed by atoms with Crippen molar-refractivity contribution in [2.75, 3.05) is 0 Å². The molecular formula is C6H13ClN2O6P+. The van der Waals surface area contributed by atoms with E-state index in [0.29, 0.717) is 0 Å². The van der Waals surface area contributed by atoms with Gasteiger partial charge in [0.2, 0.25) is 6.33 Å². The van der Waals surface area contributed by atoms with Gasteiger partial charge >= 0.3 is 13.8 Å². The van der Waals surface area contributed by atoms with Gasteiger partial charge in [0.1, 0.15) is 12.4 Å². The number of halogens is 1. The van der Waals surface area contributed by atoms with Crippen molar-refractivity contribution < 1.29 is 33.7 Å². The molecule has 0 aliphatic carbocycles. The first-order valence-corrected chi connectivity index (χ1v) is 5.26. The van der Waals surface area contributed by atoms with Crippen LogP contribution in [0.15, 0.2) is 18.7 Å². The topological polar surface area (TPSA) is 124 Å². The largest absolute Gasteiger partial charge is 0.478 e. The van der Waals surface area contributed by atoms with Crippen LogP contribution in [-0.4, -0.2) is 30.3 Å². The first kappa shape index (κ1) is 17.5. The van der Waals surface area contributed by atoms with Gasteiger partial charge < -0.3 is 19.8 Å². The highest BCUT2D eigenvalue weighted by Gasteiger charge is 2.03. The zero-order valence-electron chi connectivity index (χ0n) is 8.29. The van der Waals surface area contributed by atoms with Crippen molar-refractivity contribution >= 4 is 26.2 Å². The van der Waals surface area contributed by atoms with E-state index in [-0.39, 0.29) is 19.0 Å². The molecule has 0 aliphatic heterocycles. The lowest BCUT2D eigenvalue weighted by Gasteiger charge is -1.85. The second-order valence-corrected chi connectivity index (χ2v) is 3.68. The van der Waals surface area contributed by atoms with Gasteiger partial charge in [0.15, 0.2) is 6.54 Å². The van der Waals surface area contributed by atoms with Crippen molar-refractivity contribution in [3.05, 3.63) is 18.7 Å². The van der Waals surface area contributed by atoms with Gasteiger partial charge in [-0.25, -0.2) is 18.5 Å². The summed E-state index contributed by atoms with van der Waals surface area (Å²) in [4.78, 5) is 31.7. The molecule has 10 heteroatoms. The summed E-state index contributed by atoms with van der Waals surface area (Å²) >= 11 is 0. The average Bonchev–Trinajstić information content (AvgIpc) is 2.29. The molecule has 1 rings (SSSR count). The van der Waals surface area contributed by atoms with Crippen molar-refractivity contribution in [1.82, 2.24) is 4.57 Å². The number of carboxylic acid groups (broad SMARTS) is 1. The number of carbonyl (C=O) groups is 1. The van der Waals surface area contributed by atoms with Crippen LogP contribution >= 0.6 is 20.2 Å². The summed E-state index contributed by atoms with van der Waals surface area (Å²) in [7, 11) is -2.79. The molecule has 0 saturated carbocycles. The number of rotatable bonds is 2. The molecular weight excluding hydrogens is 263 g/mol. The fourth-order valence-corrected chi connectivity index (χ4v) is 0.751. The minimum atomic E-state index is -4.64. The molecule has 0 fully saturated rings. The highest BCUT2D eigenvalue weighted by Crippen LogP contribution is 2.25. The number of aryl methyl sites for hydroxylation is 1. The van der Waals surface area contributed by atoms with E-state index in [1.807, 2.05) is 7.05 Å². The van der Waals surface area contributed by atoms with Crippen LogP contribution in [0.25, 0.3) is 0 Å².